The van der Waals surface area contributed by atoms with Crippen LogP contribution in [0.4, 0.5) is 0 Å². The molecule has 0 unspecified atom stereocenters. The van der Waals surface area contributed by atoms with E-state index in [0.29, 0.717) is 0 Å². The third kappa shape index (κ3) is 4.32. The van der Waals surface area contributed by atoms with Gasteiger partial charge in [-0.2, -0.15) is 0 Å². The van der Waals surface area contributed by atoms with Crippen LogP contribution in [0.15, 0.2) is 0 Å². The number of rotatable bonds is 2. The molecule has 4 heteroatoms. The molecule has 0 aromatic heterocycles. The standard InChI is InChI=1S/C9H17ClO2S/c1-9(8-13(10,11)12)6-4-2-3-5-7-9/h2-8H2,1H3. The molecule has 0 aliphatic heterocycles. The van der Waals surface area contributed by atoms with Crippen LogP contribution in [-0.4, -0.2) is 14.2 Å². The summed E-state index contributed by atoms with van der Waals surface area (Å²) in [4.78, 5) is 0. The van der Waals surface area contributed by atoms with Crippen molar-refractivity contribution in [1.82, 2.24) is 0 Å². The molecule has 0 amide bonds. The summed E-state index contributed by atoms with van der Waals surface area (Å²) in [7, 11) is 1.96. The van der Waals surface area contributed by atoms with E-state index >= 15 is 0 Å². The van der Waals surface area contributed by atoms with E-state index in [1.807, 2.05) is 6.92 Å². The van der Waals surface area contributed by atoms with Crippen LogP contribution in [0.25, 0.3) is 0 Å². The maximum Gasteiger partial charge on any atom is 0.233 e. The number of hydrogen-bond acceptors (Lipinski definition) is 2. The minimum absolute atomic E-state index is 0.0723. The molecule has 0 atom stereocenters. The Morgan fingerprint density at radius 2 is 1.62 bits per heavy atom. The van der Waals surface area contributed by atoms with Crippen LogP contribution in [-0.2, 0) is 9.05 Å². The predicted molar refractivity (Wildman–Crippen MR) is 55.4 cm³/mol. The number of hydrogen-bond donors (Lipinski definition) is 0. The number of halogens is 1. The largest absolute Gasteiger partial charge is 0.233 e. The summed E-state index contributed by atoms with van der Waals surface area (Å²) in [6, 6.07) is 0. The van der Waals surface area contributed by atoms with Gasteiger partial charge >= 0.3 is 0 Å². The monoisotopic (exact) mass is 224 g/mol. The molecule has 1 rings (SSSR count). The van der Waals surface area contributed by atoms with Crippen LogP contribution in [0.3, 0.4) is 0 Å². The smallest absolute Gasteiger partial charge is 0.212 e. The highest BCUT2D eigenvalue weighted by molar-refractivity contribution is 8.13. The molecule has 0 aromatic carbocycles. The lowest BCUT2D eigenvalue weighted by atomic mass is 9.85. The first-order valence-electron chi connectivity index (χ1n) is 4.84. The summed E-state index contributed by atoms with van der Waals surface area (Å²) in [5.74, 6) is 0.140. The summed E-state index contributed by atoms with van der Waals surface area (Å²) in [6.45, 7) is 2.04. The van der Waals surface area contributed by atoms with Gasteiger partial charge in [-0.3, -0.25) is 0 Å². The Morgan fingerprint density at radius 1 is 1.15 bits per heavy atom. The van der Waals surface area contributed by atoms with E-state index in [4.69, 9.17) is 10.7 Å². The Hall–Kier alpha value is 0.240. The van der Waals surface area contributed by atoms with E-state index in [-0.39, 0.29) is 11.2 Å². The van der Waals surface area contributed by atoms with Crippen molar-refractivity contribution in [3.8, 4) is 0 Å². The molecule has 1 aliphatic rings. The van der Waals surface area contributed by atoms with Gasteiger partial charge in [0.25, 0.3) is 0 Å². The summed E-state index contributed by atoms with van der Waals surface area (Å²) in [5.41, 5.74) is -0.0723. The summed E-state index contributed by atoms with van der Waals surface area (Å²) < 4.78 is 22.0. The van der Waals surface area contributed by atoms with E-state index < -0.39 is 9.05 Å². The van der Waals surface area contributed by atoms with Gasteiger partial charge in [0.15, 0.2) is 0 Å². The summed E-state index contributed by atoms with van der Waals surface area (Å²) in [5, 5.41) is 0. The van der Waals surface area contributed by atoms with Crippen molar-refractivity contribution in [2.45, 2.75) is 45.4 Å². The fourth-order valence-corrected chi connectivity index (χ4v) is 4.05. The lowest BCUT2D eigenvalue weighted by Gasteiger charge is -2.25. The zero-order chi connectivity index (χ0) is 9.95. The molecule has 0 spiro atoms. The maximum absolute atomic E-state index is 11.0. The first-order valence-corrected chi connectivity index (χ1v) is 7.32. The first-order chi connectivity index (χ1) is 5.91. The Labute approximate surface area is 85.1 Å². The highest BCUT2D eigenvalue weighted by Crippen LogP contribution is 2.36. The highest BCUT2D eigenvalue weighted by atomic mass is 35.7. The third-order valence-electron chi connectivity index (χ3n) is 2.83. The predicted octanol–water partition coefficient (Wildman–Crippen LogP) is 2.92. The second-order valence-electron chi connectivity index (χ2n) is 4.41. The third-order valence-corrected chi connectivity index (χ3v) is 4.20. The van der Waals surface area contributed by atoms with Crippen molar-refractivity contribution in [2.75, 3.05) is 5.75 Å². The quantitative estimate of drug-likeness (QED) is 0.534. The molecule has 0 N–H and O–H groups in total. The van der Waals surface area contributed by atoms with Crippen LogP contribution in [0.2, 0.25) is 0 Å². The lowest BCUT2D eigenvalue weighted by molar-refractivity contribution is 0.318. The van der Waals surface area contributed by atoms with Crippen molar-refractivity contribution >= 4 is 19.7 Å². The Kier molecular flexibility index (Phi) is 3.64. The average Bonchev–Trinajstić information content (AvgIpc) is 2.09. The van der Waals surface area contributed by atoms with Gasteiger partial charge in [-0.25, -0.2) is 8.42 Å². The Morgan fingerprint density at radius 3 is 2.00 bits per heavy atom. The van der Waals surface area contributed by atoms with Crippen molar-refractivity contribution in [2.24, 2.45) is 5.41 Å². The van der Waals surface area contributed by atoms with Gasteiger partial charge in [-0.15, -0.1) is 0 Å². The van der Waals surface area contributed by atoms with E-state index in [9.17, 15) is 8.42 Å². The molecule has 2 nitrogen and oxygen atoms in total. The normalized spacial score (nSPS) is 23.8. The van der Waals surface area contributed by atoms with Crippen LogP contribution in [0, 0.1) is 5.41 Å². The van der Waals surface area contributed by atoms with E-state index in [2.05, 4.69) is 0 Å². The molecule has 0 radical (unpaired) electrons. The Bertz CT molecular complexity index is 251. The maximum atomic E-state index is 11.0. The zero-order valence-corrected chi connectivity index (χ0v) is 9.62. The van der Waals surface area contributed by atoms with Gasteiger partial charge in [0, 0.05) is 10.7 Å². The van der Waals surface area contributed by atoms with E-state index in [1.165, 1.54) is 12.8 Å². The second-order valence-corrected chi connectivity index (χ2v) is 7.18. The van der Waals surface area contributed by atoms with E-state index in [1.54, 1.807) is 0 Å². The molecule has 78 valence electrons. The SMILES string of the molecule is CC1(CS(=O)(=O)Cl)CCCCCC1. The molecule has 0 aromatic rings. The molecule has 0 bridgehead atoms. The zero-order valence-electron chi connectivity index (χ0n) is 8.05. The van der Waals surface area contributed by atoms with Gasteiger partial charge in [0.05, 0.1) is 5.75 Å². The van der Waals surface area contributed by atoms with Crippen LogP contribution >= 0.6 is 10.7 Å². The van der Waals surface area contributed by atoms with Gasteiger partial charge in [0.1, 0.15) is 0 Å². The van der Waals surface area contributed by atoms with Crippen LogP contribution in [0.1, 0.15) is 45.4 Å². The molecule has 0 saturated heterocycles. The summed E-state index contributed by atoms with van der Waals surface area (Å²) >= 11 is 0. The van der Waals surface area contributed by atoms with Gasteiger partial charge in [-0.1, -0.05) is 32.6 Å². The van der Waals surface area contributed by atoms with Crippen molar-refractivity contribution in [3.63, 3.8) is 0 Å². The molecule has 0 heterocycles. The minimum Gasteiger partial charge on any atom is -0.212 e. The fraction of sp³-hybridized carbons (Fsp3) is 1.00. The molecule has 1 saturated carbocycles. The second kappa shape index (κ2) is 4.18. The summed E-state index contributed by atoms with van der Waals surface area (Å²) in [6.07, 6.45) is 6.75. The average molecular weight is 225 g/mol. The van der Waals surface area contributed by atoms with Gasteiger partial charge < -0.3 is 0 Å². The first kappa shape index (κ1) is 11.3. The van der Waals surface area contributed by atoms with Crippen molar-refractivity contribution in [3.05, 3.63) is 0 Å². The van der Waals surface area contributed by atoms with Crippen LogP contribution < -0.4 is 0 Å². The minimum atomic E-state index is -3.33. The lowest BCUT2D eigenvalue weighted by Crippen LogP contribution is -2.24. The van der Waals surface area contributed by atoms with Crippen molar-refractivity contribution in [1.29, 1.82) is 0 Å². The Balaban J connectivity index is 2.62. The van der Waals surface area contributed by atoms with Crippen molar-refractivity contribution < 1.29 is 8.42 Å². The molecule has 1 aliphatic carbocycles. The molecular formula is C9H17ClO2S. The van der Waals surface area contributed by atoms with Gasteiger partial charge in [-0.05, 0) is 18.3 Å². The molecule has 13 heavy (non-hydrogen) atoms. The molecular weight excluding hydrogens is 208 g/mol. The van der Waals surface area contributed by atoms with Crippen LogP contribution in [0.5, 0.6) is 0 Å². The molecule has 1 fully saturated rings. The van der Waals surface area contributed by atoms with Gasteiger partial charge in [0.2, 0.25) is 9.05 Å². The highest BCUT2D eigenvalue weighted by Gasteiger charge is 2.30. The van der Waals surface area contributed by atoms with E-state index in [0.717, 1.165) is 25.7 Å². The topological polar surface area (TPSA) is 34.1 Å². The fourth-order valence-electron chi connectivity index (χ4n) is 2.14.